The third-order valence-electron chi connectivity index (χ3n) is 6.35. The van der Waals surface area contributed by atoms with Gasteiger partial charge in [-0.1, -0.05) is 59.5 Å². The maximum atomic E-state index is 13.6. The molecule has 5 rings (SSSR count). The molecule has 0 bridgehead atoms. The SMILES string of the molecule is CC#CCn1c(C2CCCN2C(=O)c2ccc(Cl)nc2)c(-c2ccccc2)c2cc(Cl)ccc21. The molecule has 0 spiro atoms. The number of benzene rings is 2. The summed E-state index contributed by atoms with van der Waals surface area (Å²) in [4.78, 5) is 19.6. The fourth-order valence-electron chi connectivity index (χ4n) is 4.89. The highest BCUT2D eigenvalue weighted by molar-refractivity contribution is 6.31. The van der Waals surface area contributed by atoms with Gasteiger partial charge in [0.05, 0.1) is 23.8 Å². The number of fused-ring (bicyclic) bond motifs is 1. The lowest BCUT2D eigenvalue weighted by atomic mass is 9.97. The van der Waals surface area contributed by atoms with Gasteiger partial charge in [-0.2, -0.15) is 0 Å². The molecule has 1 aliphatic heterocycles. The first-order valence-corrected chi connectivity index (χ1v) is 12.0. The summed E-state index contributed by atoms with van der Waals surface area (Å²) in [6, 6.07) is 19.6. The van der Waals surface area contributed by atoms with E-state index in [4.69, 9.17) is 23.2 Å². The molecule has 1 amide bonds. The average Bonchev–Trinajstić information content (AvgIpc) is 3.45. The molecule has 0 N–H and O–H groups in total. The minimum absolute atomic E-state index is 0.0397. The minimum Gasteiger partial charge on any atom is -0.330 e. The van der Waals surface area contributed by atoms with E-state index in [1.807, 2.05) is 42.2 Å². The van der Waals surface area contributed by atoms with Gasteiger partial charge in [0, 0.05) is 34.2 Å². The van der Waals surface area contributed by atoms with Crippen LogP contribution in [-0.4, -0.2) is 26.9 Å². The first-order chi connectivity index (χ1) is 16.6. The molecule has 1 atom stereocenters. The highest BCUT2D eigenvalue weighted by Gasteiger charge is 2.35. The molecule has 3 heterocycles. The van der Waals surface area contributed by atoms with Crippen LogP contribution in [0.15, 0.2) is 66.9 Å². The van der Waals surface area contributed by atoms with Gasteiger partial charge in [-0.05, 0) is 55.7 Å². The van der Waals surface area contributed by atoms with Crippen molar-refractivity contribution in [2.75, 3.05) is 6.54 Å². The maximum Gasteiger partial charge on any atom is 0.255 e. The zero-order chi connectivity index (χ0) is 23.7. The molecule has 2 aromatic carbocycles. The lowest BCUT2D eigenvalue weighted by Gasteiger charge is -2.27. The number of halogens is 2. The van der Waals surface area contributed by atoms with E-state index in [0.29, 0.717) is 28.8 Å². The van der Waals surface area contributed by atoms with Gasteiger partial charge in [-0.15, -0.1) is 5.92 Å². The van der Waals surface area contributed by atoms with Gasteiger partial charge >= 0.3 is 0 Å². The van der Waals surface area contributed by atoms with Crippen LogP contribution in [0.3, 0.4) is 0 Å². The fraction of sp³-hybridized carbons (Fsp3) is 0.214. The van der Waals surface area contributed by atoms with Crippen molar-refractivity contribution in [3.05, 3.63) is 88.3 Å². The Kier molecular flexibility index (Phi) is 6.32. The molecule has 4 nitrogen and oxygen atoms in total. The van der Waals surface area contributed by atoms with Crippen LogP contribution in [0.5, 0.6) is 0 Å². The number of amides is 1. The number of hydrogen-bond acceptors (Lipinski definition) is 2. The van der Waals surface area contributed by atoms with Crippen LogP contribution in [0.1, 0.15) is 41.9 Å². The van der Waals surface area contributed by atoms with E-state index in [1.54, 1.807) is 18.3 Å². The van der Waals surface area contributed by atoms with Gasteiger partial charge in [0.1, 0.15) is 5.15 Å². The van der Waals surface area contributed by atoms with Crippen molar-refractivity contribution in [2.45, 2.75) is 32.4 Å². The minimum atomic E-state index is -0.0942. The summed E-state index contributed by atoms with van der Waals surface area (Å²) < 4.78 is 2.25. The molecule has 0 saturated carbocycles. The molecule has 170 valence electrons. The summed E-state index contributed by atoms with van der Waals surface area (Å²) in [5.41, 5.74) is 4.90. The van der Waals surface area contributed by atoms with Crippen molar-refractivity contribution < 1.29 is 4.79 Å². The Bertz CT molecular complexity index is 1420. The molecule has 1 fully saturated rings. The van der Waals surface area contributed by atoms with Gasteiger partial charge in [0.2, 0.25) is 0 Å². The van der Waals surface area contributed by atoms with Crippen LogP contribution < -0.4 is 0 Å². The monoisotopic (exact) mass is 487 g/mol. The molecule has 1 aliphatic rings. The van der Waals surface area contributed by atoms with E-state index in [0.717, 1.165) is 40.6 Å². The van der Waals surface area contributed by atoms with E-state index in [2.05, 4.69) is 39.6 Å². The topological polar surface area (TPSA) is 38.1 Å². The second-order valence-corrected chi connectivity index (χ2v) is 9.15. The van der Waals surface area contributed by atoms with Crippen LogP contribution in [0, 0.1) is 11.8 Å². The van der Waals surface area contributed by atoms with Gasteiger partial charge < -0.3 is 9.47 Å². The summed E-state index contributed by atoms with van der Waals surface area (Å²) in [5, 5.41) is 2.12. The average molecular weight is 488 g/mol. The second kappa shape index (κ2) is 9.54. The highest BCUT2D eigenvalue weighted by atomic mass is 35.5. The number of carbonyl (C=O) groups excluding carboxylic acids is 1. The smallest absolute Gasteiger partial charge is 0.255 e. The summed E-state index contributed by atoms with van der Waals surface area (Å²) in [7, 11) is 0. The first kappa shape index (κ1) is 22.5. The Balaban J connectivity index is 1.73. The van der Waals surface area contributed by atoms with Crippen molar-refractivity contribution in [1.82, 2.24) is 14.5 Å². The molecular weight excluding hydrogens is 465 g/mol. The van der Waals surface area contributed by atoms with E-state index in [9.17, 15) is 4.79 Å². The van der Waals surface area contributed by atoms with Gasteiger partial charge in [-0.3, -0.25) is 4.79 Å². The molecule has 1 unspecified atom stereocenters. The highest BCUT2D eigenvalue weighted by Crippen LogP contribution is 2.44. The first-order valence-electron chi connectivity index (χ1n) is 11.3. The number of rotatable bonds is 4. The third kappa shape index (κ3) is 4.07. The molecule has 0 radical (unpaired) electrons. The largest absolute Gasteiger partial charge is 0.330 e. The number of pyridine rings is 1. The number of carbonyl (C=O) groups is 1. The van der Waals surface area contributed by atoms with Crippen LogP contribution in [0.4, 0.5) is 0 Å². The molecular formula is C28H23Cl2N3O. The second-order valence-electron chi connectivity index (χ2n) is 8.33. The Labute approximate surface area is 209 Å². The number of likely N-dealkylation sites (tertiary alicyclic amines) is 1. The Morgan fingerprint density at radius 2 is 1.94 bits per heavy atom. The molecule has 4 aromatic rings. The van der Waals surface area contributed by atoms with Gasteiger partial charge in [0.15, 0.2) is 0 Å². The Hall–Kier alpha value is -3.26. The Morgan fingerprint density at radius 3 is 2.68 bits per heavy atom. The summed E-state index contributed by atoms with van der Waals surface area (Å²) in [6.45, 7) is 3.07. The summed E-state index contributed by atoms with van der Waals surface area (Å²) in [6.07, 6.45) is 3.35. The molecule has 6 heteroatoms. The van der Waals surface area contributed by atoms with Crippen LogP contribution >= 0.6 is 23.2 Å². The zero-order valence-electron chi connectivity index (χ0n) is 18.8. The maximum absolute atomic E-state index is 13.6. The molecule has 2 aromatic heterocycles. The quantitative estimate of drug-likeness (QED) is 0.229. The van der Waals surface area contributed by atoms with Gasteiger partial charge in [0.25, 0.3) is 5.91 Å². The van der Waals surface area contributed by atoms with Crippen LogP contribution in [0.25, 0.3) is 22.0 Å². The predicted octanol–water partition coefficient (Wildman–Crippen LogP) is 7.01. The Morgan fingerprint density at radius 1 is 1.12 bits per heavy atom. The zero-order valence-corrected chi connectivity index (χ0v) is 20.3. The number of nitrogens with zero attached hydrogens (tertiary/aromatic N) is 3. The summed E-state index contributed by atoms with van der Waals surface area (Å²) >= 11 is 12.4. The van der Waals surface area contributed by atoms with E-state index in [-0.39, 0.29) is 11.9 Å². The van der Waals surface area contributed by atoms with Crippen molar-refractivity contribution in [3.63, 3.8) is 0 Å². The fourth-order valence-corrected chi connectivity index (χ4v) is 5.18. The predicted molar refractivity (Wildman–Crippen MR) is 138 cm³/mol. The number of aromatic nitrogens is 2. The van der Waals surface area contributed by atoms with Gasteiger partial charge in [-0.25, -0.2) is 4.98 Å². The van der Waals surface area contributed by atoms with Crippen molar-refractivity contribution in [2.24, 2.45) is 0 Å². The normalized spacial score (nSPS) is 15.4. The van der Waals surface area contributed by atoms with Crippen molar-refractivity contribution in [1.29, 1.82) is 0 Å². The van der Waals surface area contributed by atoms with Crippen molar-refractivity contribution >= 4 is 40.0 Å². The van der Waals surface area contributed by atoms with Crippen LogP contribution in [-0.2, 0) is 6.54 Å². The number of hydrogen-bond donors (Lipinski definition) is 0. The lowest BCUT2D eigenvalue weighted by molar-refractivity contribution is 0.0731. The molecule has 0 aliphatic carbocycles. The van der Waals surface area contributed by atoms with Crippen molar-refractivity contribution in [3.8, 4) is 23.0 Å². The standard InChI is InChI=1S/C28H23Cl2N3O/c1-2-3-15-32-23-13-12-21(29)17-22(23)26(19-8-5-4-6-9-19)27(32)24-10-7-16-33(24)28(34)20-11-14-25(30)31-18-20/h4-6,8-9,11-14,17-18,24H,7,10,15-16H2,1H3. The third-order valence-corrected chi connectivity index (χ3v) is 6.80. The van der Waals surface area contributed by atoms with E-state index < -0.39 is 0 Å². The lowest BCUT2D eigenvalue weighted by Crippen LogP contribution is -2.32. The summed E-state index contributed by atoms with van der Waals surface area (Å²) in [5.74, 6) is 6.22. The van der Waals surface area contributed by atoms with Crippen LogP contribution in [0.2, 0.25) is 10.2 Å². The molecule has 1 saturated heterocycles. The van der Waals surface area contributed by atoms with E-state index >= 15 is 0 Å². The van der Waals surface area contributed by atoms with E-state index in [1.165, 1.54) is 0 Å². The molecule has 34 heavy (non-hydrogen) atoms.